The van der Waals surface area contributed by atoms with Gasteiger partial charge in [0.1, 0.15) is 0 Å². The van der Waals surface area contributed by atoms with Crippen LogP contribution in [-0.4, -0.2) is 14.6 Å². The second kappa shape index (κ2) is 5.14. The van der Waals surface area contributed by atoms with E-state index in [0.717, 1.165) is 32.4 Å². The van der Waals surface area contributed by atoms with E-state index in [1.165, 1.54) is 10.8 Å². The maximum absolute atomic E-state index is 4.50. The zero-order chi connectivity index (χ0) is 16.1. The molecular formula is C20H12BrN3. The van der Waals surface area contributed by atoms with Gasteiger partial charge in [0, 0.05) is 20.8 Å². The summed E-state index contributed by atoms with van der Waals surface area (Å²) in [5.41, 5.74) is 3.04. The molecule has 0 aliphatic carbocycles. The van der Waals surface area contributed by atoms with Gasteiger partial charge in [0.05, 0.1) is 5.52 Å². The van der Waals surface area contributed by atoms with Gasteiger partial charge in [0.15, 0.2) is 11.5 Å². The standard InChI is InChI=1S/C20H12BrN3/c21-14-7-5-6-13(12-14)19-22-23-20-17-10-2-1-8-15(17)16-9-3-4-11-18(16)24(19)20/h1-12H. The van der Waals surface area contributed by atoms with Crippen molar-refractivity contribution in [1.29, 1.82) is 0 Å². The number of aromatic nitrogens is 3. The van der Waals surface area contributed by atoms with Gasteiger partial charge >= 0.3 is 0 Å². The maximum Gasteiger partial charge on any atom is 0.169 e. The van der Waals surface area contributed by atoms with Crippen molar-refractivity contribution >= 4 is 43.3 Å². The molecule has 0 unspecified atom stereocenters. The van der Waals surface area contributed by atoms with E-state index in [-0.39, 0.29) is 0 Å². The van der Waals surface area contributed by atoms with E-state index >= 15 is 0 Å². The summed E-state index contributed by atoms with van der Waals surface area (Å²) in [6.45, 7) is 0. The predicted octanol–water partition coefficient (Wildman–Crippen LogP) is 5.47. The molecule has 2 heterocycles. The van der Waals surface area contributed by atoms with Crippen LogP contribution < -0.4 is 0 Å². The summed E-state index contributed by atoms with van der Waals surface area (Å²) in [4.78, 5) is 0. The van der Waals surface area contributed by atoms with Gasteiger partial charge in [-0.3, -0.25) is 4.40 Å². The molecule has 0 N–H and O–H groups in total. The van der Waals surface area contributed by atoms with E-state index in [1.807, 2.05) is 18.2 Å². The highest BCUT2D eigenvalue weighted by atomic mass is 79.9. The molecule has 24 heavy (non-hydrogen) atoms. The monoisotopic (exact) mass is 373 g/mol. The summed E-state index contributed by atoms with van der Waals surface area (Å²) in [7, 11) is 0. The molecule has 5 rings (SSSR count). The quantitative estimate of drug-likeness (QED) is 0.365. The first-order valence-corrected chi connectivity index (χ1v) is 8.53. The highest BCUT2D eigenvalue weighted by Gasteiger charge is 2.15. The van der Waals surface area contributed by atoms with Gasteiger partial charge in [0.25, 0.3) is 0 Å². The van der Waals surface area contributed by atoms with Gasteiger partial charge in [-0.2, -0.15) is 0 Å². The molecule has 2 aromatic heterocycles. The van der Waals surface area contributed by atoms with Crippen LogP contribution in [0.5, 0.6) is 0 Å². The van der Waals surface area contributed by atoms with Crippen LogP contribution in [0, 0.1) is 0 Å². The summed E-state index contributed by atoms with van der Waals surface area (Å²) in [5, 5.41) is 12.5. The molecule has 0 aliphatic heterocycles. The molecule has 0 bridgehead atoms. The predicted molar refractivity (Wildman–Crippen MR) is 101 cm³/mol. The number of benzene rings is 3. The number of pyridine rings is 1. The molecule has 0 saturated heterocycles. The average Bonchev–Trinajstić information content (AvgIpc) is 3.07. The third-order valence-electron chi connectivity index (χ3n) is 4.35. The Bertz CT molecular complexity index is 1220. The van der Waals surface area contributed by atoms with Crippen molar-refractivity contribution in [2.45, 2.75) is 0 Å². The number of hydrogen-bond donors (Lipinski definition) is 0. The van der Waals surface area contributed by atoms with E-state index in [0.29, 0.717) is 0 Å². The van der Waals surface area contributed by atoms with E-state index in [4.69, 9.17) is 0 Å². The summed E-state index contributed by atoms with van der Waals surface area (Å²) >= 11 is 3.54. The van der Waals surface area contributed by atoms with Crippen LogP contribution >= 0.6 is 15.9 Å². The van der Waals surface area contributed by atoms with E-state index in [9.17, 15) is 0 Å². The smallest absolute Gasteiger partial charge is 0.169 e. The minimum absolute atomic E-state index is 0.855. The maximum atomic E-state index is 4.50. The first-order valence-electron chi connectivity index (χ1n) is 7.73. The molecule has 5 aromatic rings. The zero-order valence-electron chi connectivity index (χ0n) is 12.6. The molecule has 114 valence electrons. The van der Waals surface area contributed by atoms with Crippen LogP contribution in [0.15, 0.2) is 77.3 Å². The summed E-state index contributed by atoms with van der Waals surface area (Å²) < 4.78 is 3.18. The van der Waals surface area contributed by atoms with E-state index < -0.39 is 0 Å². The third-order valence-corrected chi connectivity index (χ3v) is 4.84. The van der Waals surface area contributed by atoms with Crippen molar-refractivity contribution in [1.82, 2.24) is 14.6 Å². The van der Waals surface area contributed by atoms with Crippen LogP contribution in [0.1, 0.15) is 0 Å². The largest absolute Gasteiger partial charge is 0.274 e. The molecule has 0 atom stereocenters. The Kier molecular flexibility index (Phi) is 2.94. The Morgan fingerprint density at radius 2 is 1.46 bits per heavy atom. The van der Waals surface area contributed by atoms with Gasteiger partial charge in [-0.1, -0.05) is 70.5 Å². The lowest BCUT2D eigenvalue weighted by atomic mass is 10.1. The number of halogens is 1. The van der Waals surface area contributed by atoms with Crippen molar-refractivity contribution < 1.29 is 0 Å². The fraction of sp³-hybridized carbons (Fsp3) is 0. The molecule has 0 aliphatic rings. The SMILES string of the molecule is Brc1cccc(-c2nnc3c4ccccc4c4ccccc4n23)c1. The van der Waals surface area contributed by atoms with Gasteiger partial charge in [-0.25, -0.2) is 0 Å². The highest BCUT2D eigenvalue weighted by molar-refractivity contribution is 9.10. The average molecular weight is 374 g/mol. The molecule has 0 amide bonds. The molecule has 0 fully saturated rings. The summed E-state index contributed by atoms with van der Waals surface area (Å²) in [6.07, 6.45) is 0. The normalized spacial score (nSPS) is 11.5. The number of nitrogens with zero attached hydrogens (tertiary/aromatic N) is 3. The second-order valence-corrected chi connectivity index (χ2v) is 6.67. The summed E-state index contributed by atoms with van der Waals surface area (Å²) in [6, 6.07) is 24.9. The number of hydrogen-bond acceptors (Lipinski definition) is 2. The fourth-order valence-corrected chi connectivity index (χ4v) is 3.71. The van der Waals surface area contributed by atoms with Crippen LogP contribution in [0.2, 0.25) is 0 Å². The van der Waals surface area contributed by atoms with Crippen LogP contribution in [0.4, 0.5) is 0 Å². The molecule has 3 aromatic carbocycles. The Balaban J connectivity index is 2.02. The Morgan fingerprint density at radius 3 is 2.29 bits per heavy atom. The zero-order valence-corrected chi connectivity index (χ0v) is 14.2. The Morgan fingerprint density at radius 1 is 0.708 bits per heavy atom. The number of para-hydroxylation sites is 1. The third kappa shape index (κ3) is 1.90. The lowest BCUT2D eigenvalue weighted by molar-refractivity contribution is 1.12. The topological polar surface area (TPSA) is 30.2 Å². The van der Waals surface area contributed by atoms with E-state index in [2.05, 4.69) is 85.1 Å². The minimum Gasteiger partial charge on any atom is -0.274 e. The molecule has 0 spiro atoms. The molecule has 3 nitrogen and oxygen atoms in total. The fourth-order valence-electron chi connectivity index (χ4n) is 3.31. The second-order valence-electron chi connectivity index (χ2n) is 5.76. The van der Waals surface area contributed by atoms with Crippen molar-refractivity contribution in [2.24, 2.45) is 0 Å². The Labute approximate surface area is 146 Å². The van der Waals surface area contributed by atoms with Gasteiger partial charge in [0.2, 0.25) is 0 Å². The van der Waals surface area contributed by atoms with Gasteiger partial charge in [-0.15, -0.1) is 10.2 Å². The highest BCUT2D eigenvalue weighted by Crippen LogP contribution is 2.32. The van der Waals surface area contributed by atoms with Crippen molar-refractivity contribution in [3.8, 4) is 11.4 Å². The number of fused-ring (bicyclic) bond motifs is 6. The first kappa shape index (κ1) is 13.7. The molecular weight excluding hydrogens is 362 g/mol. The van der Waals surface area contributed by atoms with Gasteiger partial charge < -0.3 is 0 Å². The number of rotatable bonds is 1. The van der Waals surface area contributed by atoms with Crippen molar-refractivity contribution in [3.63, 3.8) is 0 Å². The van der Waals surface area contributed by atoms with Crippen LogP contribution in [0.25, 0.3) is 38.7 Å². The molecule has 0 radical (unpaired) electrons. The van der Waals surface area contributed by atoms with Crippen molar-refractivity contribution in [2.75, 3.05) is 0 Å². The lowest BCUT2D eigenvalue weighted by Crippen LogP contribution is -1.94. The van der Waals surface area contributed by atoms with Crippen LogP contribution in [0.3, 0.4) is 0 Å². The van der Waals surface area contributed by atoms with E-state index in [1.54, 1.807) is 0 Å². The van der Waals surface area contributed by atoms with Crippen LogP contribution in [-0.2, 0) is 0 Å². The molecule has 4 heteroatoms. The molecule has 0 saturated carbocycles. The van der Waals surface area contributed by atoms with Crippen molar-refractivity contribution in [3.05, 3.63) is 77.3 Å². The first-order chi connectivity index (χ1) is 11.8. The van der Waals surface area contributed by atoms with Gasteiger partial charge in [-0.05, 0) is 23.6 Å². The lowest BCUT2D eigenvalue weighted by Gasteiger charge is -2.09. The minimum atomic E-state index is 0.855. The summed E-state index contributed by atoms with van der Waals surface area (Å²) in [5.74, 6) is 0.855. The Hall–Kier alpha value is -2.72.